The van der Waals surface area contributed by atoms with Gasteiger partial charge in [-0.05, 0) is 19.3 Å². The largest absolute Gasteiger partial charge is 0.491 e. The van der Waals surface area contributed by atoms with E-state index in [-0.39, 0.29) is 13.2 Å². The first-order valence-electron chi connectivity index (χ1n) is 5.80. The van der Waals surface area contributed by atoms with Crippen LogP contribution in [-0.4, -0.2) is 34.3 Å². The smallest absolute Gasteiger partial charge is 0.140 e. The zero-order chi connectivity index (χ0) is 12.1. The lowest BCUT2D eigenvalue weighted by Crippen LogP contribution is -2.28. The number of hydrogen-bond donors (Lipinski definition) is 2. The van der Waals surface area contributed by atoms with E-state index in [1.165, 1.54) is 25.6 Å². The van der Waals surface area contributed by atoms with Gasteiger partial charge in [-0.3, -0.25) is 0 Å². The highest BCUT2D eigenvalue weighted by molar-refractivity contribution is 5.67. The van der Waals surface area contributed by atoms with Crippen LogP contribution in [0.4, 0.5) is 5.82 Å². The minimum Gasteiger partial charge on any atom is -0.491 e. The van der Waals surface area contributed by atoms with E-state index < -0.39 is 0 Å². The molecule has 2 rings (SSSR count). The molecule has 17 heavy (non-hydrogen) atoms. The lowest BCUT2D eigenvalue weighted by atomic mass is 9.93. The predicted molar refractivity (Wildman–Crippen MR) is 65.4 cm³/mol. The number of nitrogens with one attached hydrogen (secondary N) is 1. The van der Waals surface area contributed by atoms with E-state index in [1.54, 1.807) is 6.20 Å². The Balaban J connectivity index is 2.06. The van der Waals surface area contributed by atoms with Gasteiger partial charge >= 0.3 is 0 Å². The van der Waals surface area contributed by atoms with Gasteiger partial charge in [-0.1, -0.05) is 6.58 Å². The van der Waals surface area contributed by atoms with Crippen molar-refractivity contribution in [2.24, 2.45) is 0 Å². The van der Waals surface area contributed by atoms with Gasteiger partial charge in [-0.15, -0.1) is 0 Å². The lowest BCUT2D eigenvalue weighted by Gasteiger charge is -2.27. The van der Waals surface area contributed by atoms with Gasteiger partial charge < -0.3 is 15.2 Å². The molecule has 5 heteroatoms. The summed E-state index contributed by atoms with van der Waals surface area (Å²) in [6.07, 6.45) is 6.79. The number of nitrogens with zero attached hydrogens (tertiary/aromatic N) is 2. The van der Waals surface area contributed by atoms with Crippen LogP contribution in [0.15, 0.2) is 19.1 Å². The van der Waals surface area contributed by atoms with Crippen molar-refractivity contribution in [3.05, 3.63) is 24.7 Å². The Morgan fingerprint density at radius 2 is 2.41 bits per heavy atom. The molecule has 1 saturated carbocycles. The highest BCUT2D eigenvalue weighted by Gasteiger charge is 2.19. The Morgan fingerprint density at radius 3 is 3.06 bits per heavy atom. The SMILES string of the molecule is C=C(OCCO)c1cncnc1NC1CCC1. The van der Waals surface area contributed by atoms with Gasteiger partial charge in [0.25, 0.3) is 0 Å². The van der Waals surface area contributed by atoms with Crippen LogP contribution in [0.2, 0.25) is 0 Å². The second-order valence-corrected chi connectivity index (χ2v) is 4.05. The summed E-state index contributed by atoms with van der Waals surface area (Å²) in [4.78, 5) is 8.18. The van der Waals surface area contributed by atoms with Crippen molar-refractivity contribution in [2.45, 2.75) is 25.3 Å². The summed E-state index contributed by atoms with van der Waals surface area (Å²) < 4.78 is 5.29. The van der Waals surface area contributed by atoms with Crippen molar-refractivity contribution < 1.29 is 9.84 Å². The van der Waals surface area contributed by atoms with E-state index in [0.29, 0.717) is 11.8 Å². The zero-order valence-corrected chi connectivity index (χ0v) is 9.72. The van der Waals surface area contributed by atoms with Crippen molar-refractivity contribution in [1.29, 1.82) is 0 Å². The van der Waals surface area contributed by atoms with Crippen molar-refractivity contribution >= 4 is 11.6 Å². The summed E-state index contributed by atoms with van der Waals surface area (Å²) in [6, 6.07) is 0.495. The molecule has 92 valence electrons. The summed E-state index contributed by atoms with van der Waals surface area (Å²) in [6.45, 7) is 4.02. The van der Waals surface area contributed by atoms with E-state index in [2.05, 4.69) is 21.9 Å². The third-order valence-electron chi connectivity index (χ3n) is 2.83. The monoisotopic (exact) mass is 235 g/mol. The molecular formula is C12H17N3O2. The van der Waals surface area contributed by atoms with Crippen molar-refractivity contribution in [2.75, 3.05) is 18.5 Å². The molecule has 0 spiro atoms. The normalized spacial score (nSPS) is 15.1. The maximum atomic E-state index is 8.71. The summed E-state index contributed by atoms with van der Waals surface area (Å²) in [5, 5.41) is 12.1. The van der Waals surface area contributed by atoms with Gasteiger partial charge in [0.15, 0.2) is 0 Å². The lowest BCUT2D eigenvalue weighted by molar-refractivity contribution is 0.181. The predicted octanol–water partition coefficient (Wildman–Crippen LogP) is 1.42. The third-order valence-corrected chi connectivity index (χ3v) is 2.83. The number of anilines is 1. The van der Waals surface area contributed by atoms with E-state index in [4.69, 9.17) is 9.84 Å². The molecule has 0 bridgehead atoms. The third kappa shape index (κ3) is 2.94. The Kier molecular flexibility index (Phi) is 3.93. The summed E-state index contributed by atoms with van der Waals surface area (Å²) >= 11 is 0. The van der Waals surface area contributed by atoms with Gasteiger partial charge in [0.05, 0.1) is 12.2 Å². The molecule has 1 aromatic heterocycles. The van der Waals surface area contributed by atoms with Crippen LogP contribution in [0.3, 0.4) is 0 Å². The van der Waals surface area contributed by atoms with E-state index in [1.807, 2.05) is 0 Å². The molecule has 1 aliphatic rings. The molecule has 0 amide bonds. The van der Waals surface area contributed by atoms with Crippen LogP contribution in [-0.2, 0) is 4.74 Å². The molecule has 5 nitrogen and oxygen atoms in total. The van der Waals surface area contributed by atoms with E-state index in [9.17, 15) is 0 Å². The van der Waals surface area contributed by atoms with Crippen molar-refractivity contribution in [3.8, 4) is 0 Å². The Hall–Kier alpha value is -1.62. The van der Waals surface area contributed by atoms with Gasteiger partial charge in [0.1, 0.15) is 24.5 Å². The molecule has 1 fully saturated rings. The first-order chi connectivity index (χ1) is 8.31. The van der Waals surface area contributed by atoms with Crippen LogP contribution in [0.25, 0.3) is 5.76 Å². The Bertz CT molecular complexity index is 391. The fourth-order valence-electron chi connectivity index (χ4n) is 1.64. The van der Waals surface area contributed by atoms with Gasteiger partial charge in [-0.2, -0.15) is 0 Å². The molecule has 0 atom stereocenters. The topological polar surface area (TPSA) is 67.3 Å². The number of aliphatic hydroxyl groups excluding tert-OH is 1. The highest BCUT2D eigenvalue weighted by atomic mass is 16.5. The summed E-state index contributed by atoms with van der Waals surface area (Å²) in [7, 11) is 0. The highest BCUT2D eigenvalue weighted by Crippen LogP contribution is 2.26. The van der Waals surface area contributed by atoms with Crippen LogP contribution in [0.1, 0.15) is 24.8 Å². The first kappa shape index (κ1) is 11.9. The molecule has 1 aromatic rings. The molecule has 0 aromatic carbocycles. The second-order valence-electron chi connectivity index (χ2n) is 4.05. The maximum Gasteiger partial charge on any atom is 0.140 e. The Morgan fingerprint density at radius 1 is 1.59 bits per heavy atom. The molecule has 2 N–H and O–H groups in total. The number of ether oxygens (including phenoxy) is 1. The van der Waals surface area contributed by atoms with E-state index in [0.717, 1.165) is 11.4 Å². The Labute approximate surface area is 101 Å². The number of hydrogen-bond acceptors (Lipinski definition) is 5. The molecule has 0 saturated heterocycles. The first-order valence-corrected chi connectivity index (χ1v) is 5.80. The minimum absolute atomic E-state index is 0.0297. The number of rotatable bonds is 6. The maximum absolute atomic E-state index is 8.71. The van der Waals surface area contributed by atoms with Crippen molar-refractivity contribution in [1.82, 2.24) is 9.97 Å². The molecule has 0 unspecified atom stereocenters. The zero-order valence-electron chi connectivity index (χ0n) is 9.72. The van der Waals surface area contributed by atoms with Gasteiger partial charge in [0, 0.05) is 12.2 Å². The van der Waals surface area contributed by atoms with E-state index >= 15 is 0 Å². The average molecular weight is 235 g/mol. The summed E-state index contributed by atoms with van der Waals surface area (Å²) in [5.41, 5.74) is 0.757. The molecule has 1 heterocycles. The van der Waals surface area contributed by atoms with Crippen LogP contribution in [0.5, 0.6) is 0 Å². The van der Waals surface area contributed by atoms with Crippen LogP contribution < -0.4 is 5.32 Å². The summed E-state index contributed by atoms with van der Waals surface area (Å²) in [5.74, 6) is 1.24. The van der Waals surface area contributed by atoms with Crippen LogP contribution in [0, 0.1) is 0 Å². The quantitative estimate of drug-likeness (QED) is 0.730. The van der Waals surface area contributed by atoms with Gasteiger partial charge in [0.2, 0.25) is 0 Å². The van der Waals surface area contributed by atoms with Crippen LogP contribution >= 0.6 is 0 Å². The standard InChI is InChI=1S/C12H17N3O2/c1-9(17-6-5-16)11-7-13-8-14-12(11)15-10-3-2-4-10/h7-8,10,16H,1-6H2,(H,13,14,15). The fraction of sp³-hybridized carbons (Fsp3) is 0.500. The molecule has 0 aliphatic heterocycles. The fourth-order valence-corrected chi connectivity index (χ4v) is 1.64. The molecule has 1 aliphatic carbocycles. The molecular weight excluding hydrogens is 218 g/mol. The number of aromatic nitrogens is 2. The second kappa shape index (κ2) is 5.63. The number of aliphatic hydroxyl groups is 1. The molecule has 0 radical (unpaired) electrons. The average Bonchev–Trinajstić information content (AvgIpc) is 2.31. The van der Waals surface area contributed by atoms with Crippen molar-refractivity contribution in [3.63, 3.8) is 0 Å². The van der Waals surface area contributed by atoms with Gasteiger partial charge in [-0.25, -0.2) is 9.97 Å². The minimum atomic E-state index is -0.0297.